The van der Waals surface area contributed by atoms with Crippen LogP contribution in [-0.2, 0) is 11.0 Å². The monoisotopic (exact) mass is 415 g/mol. The minimum Gasteiger partial charge on any atom is -0.326 e. The van der Waals surface area contributed by atoms with Crippen LogP contribution in [0.2, 0.25) is 0 Å². The lowest BCUT2D eigenvalue weighted by molar-refractivity contribution is -0.140. The first kappa shape index (κ1) is 20.1. The van der Waals surface area contributed by atoms with Gasteiger partial charge in [0.2, 0.25) is 5.91 Å². The summed E-state index contributed by atoms with van der Waals surface area (Å²) in [6.45, 7) is 0.707. The second-order valence-electron chi connectivity index (χ2n) is 6.35. The molecule has 1 fully saturated rings. The van der Waals surface area contributed by atoms with Crippen LogP contribution < -0.4 is 10.6 Å². The van der Waals surface area contributed by atoms with E-state index in [1.165, 1.54) is 11.3 Å². The molecule has 3 amide bonds. The molecule has 1 aromatic heterocycles. The Kier molecular flexibility index (Phi) is 5.87. The van der Waals surface area contributed by atoms with Gasteiger partial charge >= 0.3 is 12.2 Å². The fourth-order valence-corrected chi connectivity index (χ4v) is 3.55. The van der Waals surface area contributed by atoms with Crippen LogP contribution in [0, 0.1) is 11.7 Å². The summed E-state index contributed by atoms with van der Waals surface area (Å²) >= 11 is 1.40. The van der Waals surface area contributed by atoms with E-state index in [0.29, 0.717) is 38.1 Å². The number of benzene rings is 1. The van der Waals surface area contributed by atoms with E-state index >= 15 is 0 Å². The summed E-state index contributed by atoms with van der Waals surface area (Å²) in [5, 5.41) is 7.74. The van der Waals surface area contributed by atoms with E-state index < -0.39 is 29.4 Å². The van der Waals surface area contributed by atoms with Crippen molar-refractivity contribution in [2.45, 2.75) is 19.0 Å². The number of anilines is 2. The Hall–Kier alpha value is -2.62. The van der Waals surface area contributed by atoms with Gasteiger partial charge in [-0.25, -0.2) is 9.18 Å². The summed E-state index contributed by atoms with van der Waals surface area (Å²) in [7, 11) is 0. The number of rotatable bonds is 3. The van der Waals surface area contributed by atoms with Gasteiger partial charge in [0.05, 0.1) is 10.6 Å². The van der Waals surface area contributed by atoms with E-state index in [-0.39, 0.29) is 11.7 Å². The number of halogens is 4. The van der Waals surface area contributed by atoms with Gasteiger partial charge in [-0.3, -0.25) is 10.1 Å². The third kappa shape index (κ3) is 4.80. The SMILES string of the molecule is O=C(Nc1ccc(F)c(C(F)(F)F)c1)C1CCN(C(=O)Nc2cccs2)CC1. The largest absolute Gasteiger partial charge is 0.419 e. The van der Waals surface area contributed by atoms with Crippen molar-refractivity contribution in [2.24, 2.45) is 5.92 Å². The Bertz CT molecular complexity index is 847. The van der Waals surface area contributed by atoms with Crippen LogP contribution in [0.1, 0.15) is 18.4 Å². The molecular weight excluding hydrogens is 398 g/mol. The highest BCUT2D eigenvalue weighted by molar-refractivity contribution is 7.14. The number of piperidine rings is 1. The van der Waals surface area contributed by atoms with Crippen LogP contribution in [0.4, 0.5) is 33.0 Å². The van der Waals surface area contributed by atoms with Crippen molar-refractivity contribution in [3.05, 3.63) is 47.1 Å². The molecule has 5 nitrogen and oxygen atoms in total. The highest BCUT2D eigenvalue weighted by atomic mass is 32.1. The van der Waals surface area contributed by atoms with Crippen molar-refractivity contribution >= 4 is 34.0 Å². The molecule has 0 bridgehead atoms. The number of alkyl halides is 3. The van der Waals surface area contributed by atoms with Gasteiger partial charge in [-0.05, 0) is 48.6 Å². The Morgan fingerprint density at radius 2 is 1.82 bits per heavy atom. The third-order valence-corrected chi connectivity index (χ3v) is 5.23. The summed E-state index contributed by atoms with van der Waals surface area (Å²) in [5.41, 5.74) is -1.54. The van der Waals surface area contributed by atoms with E-state index in [0.717, 1.165) is 11.1 Å². The highest BCUT2D eigenvalue weighted by Gasteiger charge is 2.34. The molecule has 2 heterocycles. The molecule has 0 unspecified atom stereocenters. The molecule has 0 saturated carbocycles. The number of hydrogen-bond donors (Lipinski definition) is 2. The van der Waals surface area contributed by atoms with Gasteiger partial charge in [-0.15, -0.1) is 11.3 Å². The molecule has 1 aliphatic rings. The van der Waals surface area contributed by atoms with Crippen LogP contribution >= 0.6 is 11.3 Å². The van der Waals surface area contributed by atoms with E-state index in [4.69, 9.17) is 0 Å². The fourth-order valence-electron chi connectivity index (χ4n) is 2.94. The molecule has 1 aromatic carbocycles. The van der Waals surface area contributed by atoms with E-state index in [1.54, 1.807) is 11.0 Å². The number of urea groups is 1. The molecule has 0 atom stereocenters. The van der Waals surface area contributed by atoms with Crippen molar-refractivity contribution in [3.8, 4) is 0 Å². The van der Waals surface area contributed by atoms with Crippen molar-refractivity contribution in [1.29, 1.82) is 0 Å². The molecule has 10 heteroatoms. The first-order valence-corrected chi connectivity index (χ1v) is 9.39. The lowest BCUT2D eigenvalue weighted by Crippen LogP contribution is -2.43. The van der Waals surface area contributed by atoms with Gasteiger partial charge in [0.25, 0.3) is 0 Å². The number of likely N-dealkylation sites (tertiary alicyclic amines) is 1. The summed E-state index contributed by atoms with van der Waals surface area (Å²) in [5.74, 6) is -2.28. The van der Waals surface area contributed by atoms with Gasteiger partial charge in [-0.1, -0.05) is 0 Å². The van der Waals surface area contributed by atoms with Crippen molar-refractivity contribution in [2.75, 3.05) is 23.7 Å². The van der Waals surface area contributed by atoms with Crippen molar-refractivity contribution in [3.63, 3.8) is 0 Å². The lowest BCUT2D eigenvalue weighted by atomic mass is 9.96. The number of thiophene rings is 1. The first-order valence-electron chi connectivity index (χ1n) is 8.51. The number of nitrogens with one attached hydrogen (secondary N) is 2. The van der Waals surface area contributed by atoms with Crippen LogP contribution in [0.3, 0.4) is 0 Å². The van der Waals surface area contributed by atoms with Gasteiger partial charge in [0.1, 0.15) is 5.82 Å². The molecule has 3 rings (SSSR count). The molecule has 2 aromatic rings. The zero-order chi connectivity index (χ0) is 20.3. The number of nitrogens with zero attached hydrogens (tertiary/aromatic N) is 1. The minimum atomic E-state index is -4.84. The standard InChI is InChI=1S/C18H17F4N3O2S/c19-14-4-3-12(10-13(14)18(20,21)22)23-16(26)11-5-7-25(8-6-11)17(27)24-15-2-1-9-28-15/h1-4,9-11H,5-8H2,(H,23,26)(H,24,27). The predicted molar refractivity (Wildman–Crippen MR) is 97.7 cm³/mol. The maximum Gasteiger partial charge on any atom is 0.419 e. The summed E-state index contributed by atoms with van der Waals surface area (Å²) in [4.78, 5) is 26.1. The quantitative estimate of drug-likeness (QED) is 0.709. The van der Waals surface area contributed by atoms with E-state index in [1.807, 2.05) is 11.4 Å². The second kappa shape index (κ2) is 8.17. The normalized spacial score (nSPS) is 15.4. The molecule has 0 aliphatic carbocycles. The molecule has 2 N–H and O–H groups in total. The van der Waals surface area contributed by atoms with Gasteiger partial charge in [0, 0.05) is 24.7 Å². The van der Waals surface area contributed by atoms with E-state index in [9.17, 15) is 27.2 Å². The topological polar surface area (TPSA) is 61.4 Å². The highest BCUT2D eigenvalue weighted by Crippen LogP contribution is 2.33. The third-order valence-electron chi connectivity index (χ3n) is 4.44. The average molecular weight is 415 g/mol. The second-order valence-corrected chi connectivity index (χ2v) is 7.30. The van der Waals surface area contributed by atoms with Gasteiger partial charge < -0.3 is 10.2 Å². The average Bonchev–Trinajstić information content (AvgIpc) is 3.15. The van der Waals surface area contributed by atoms with Crippen LogP contribution in [0.25, 0.3) is 0 Å². The summed E-state index contributed by atoms with van der Waals surface area (Å²) in [6.07, 6.45) is -4.07. The Labute approximate surface area is 162 Å². The van der Waals surface area contributed by atoms with E-state index in [2.05, 4.69) is 10.6 Å². The zero-order valence-corrected chi connectivity index (χ0v) is 15.4. The Morgan fingerprint density at radius 1 is 1.11 bits per heavy atom. The molecule has 0 radical (unpaired) electrons. The molecule has 28 heavy (non-hydrogen) atoms. The number of carbonyl (C=O) groups is 2. The van der Waals surface area contributed by atoms with Gasteiger partial charge in [0.15, 0.2) is 0 Å². The first-order chi connectivity index (χ1) is 13.2. The maximum absolute atomic E-state index is 13.3. The van der Waals surface area contributed by atoms with Gasteiger partial charge in [-0.2, -0.15) is 13.2 Å². The van der Waals surface area contributed by atoms with Crippen molar-refractivity contribution < 1.29 is 27.2 Å². The molecular formula is C18H17F4N3O2S. The minimum absolute atomic E-state index is 0.114. The fraction of sp³-hybridized carbons (Fsp3) is 0.333. The lowest BCUT2D eigenvalue weighted by Gasteiger charge is -2.31. The number of carbonyl (C=O) groups excluding carboxylic acids is 2. The van der Waals surface area contributed by atoms with Crippen molar-refractivity contribution in [1.82, 2.24) is 4.90 Å². The molecule has 1 aliphatic heterocycles. The zero-order valence-electron chi connectivity index (χ0n) is 14.6. The summed E-state index contributed by atoms with van der Waals surface area (Å²) < 4.78 is 51.7. The number of amides is 3. The maximum atomic E-state index is 13.3. The van der Waals surface area contributed by atoms with Crippen LogP contribution in [0.15, 0.2) is 35.7 Å². The Balaban J connectivity index is 1.55. The molecule has 0 spiro atoms. The van der Waals surface area contributed by atoms with Crippen LogP contribution in [-0.4, -0.2) is 29.9 Å². The molecule has 150 valence electrons. The summed E-state index contributed by atoms with van der Waals surface area (Å²) in [6, 6.07) is 5.69. The smallest absolute Gasteiger partial charge is 0.326 e. The predicted octanol–water partition coefficient (Wildman–Crippen LogP) is 4.79. The molecule has 1 saturated heterocycles. The Morgan fingerprint density at radius 3 is 2.43 bits per heavy atom. The van der Waals surface area contributed by atoms with Crippen LogP contribution in [0.5, 0.6) is 0 Å². The number of hydrogen-bond acceptors (Lipinski definition) is 3.